The minimum atomic E-state index is -0.616. The summed E-state index contributed by atoms with van der Waals surface area (Å²) in [6.07, 6.45) is -0.275. The molecule has 0 saturated heterocycles. The van der Waals surface area contributed by atoms with Crippen molar-refractivity contribution in [3.05, 3.63) is 27.7 Å². The summed E-state index contributed by atoms with van der Waals surface area (Å²) in [4.78, 5) is 0. The first kappa shape index (κ1) is 13.5. The molecule has 0 aliphatic carbocycles. The lowest BCUT2D eigenvalue weighted by Gasteiger charge is -2.13. The molecule has 1 unspecified atom stereocenters. The van der Waals surface area contributed by atoms with Crippen LogP contribution in [0.1, 0.15) is 17.5 Å². The number of hydrogen-bond donors (Lipinski definition) is 2. The van der Waals surface area contributed by atoms with Crippen LogP contribution in [0.2, 0.25) is 0 Å². The summed E-state index contributed by atoms with van der Waals surface area (Å²) in [5.41, 5.74) is 2.21. The zero-order chi connectivity index (χ0) is 12.1. The second kappa shape index (κ2) is 6.23. The predicted octanol–water partition coefficient (Wildman–Crippen LogP) is 2.19. The van der Waals surface area contributed by atoms with Crippen molar-refractivity contribution in [1.29, 1.82) is 0 Å². The number of benzene rings is 1. The molecule has 0 spiro atoms. The Kier molecular flexibility index (Phi) is 5.25. The lowest BCUT2D eigenvalue weighted by atomic mass is 10.1. The summed E-state index contributed by atoms with van der Waals surface area (Å²) in [5, 5.41) is 18.0. The molecule has 0 radical (unpaired) electrons. The van der Waals surface area contributed by atoms with E-state index < -0.39 is 6.10 Å². The van der Waals surface area contributed by atoms with Gasteiger partial charge in [-0.25, -0.2) is 0 Å². The van der Waals surface area contributed by atoms with Crippen LogP contribution in [0, 0.1) is 13.8 Å². The number of aryl methyl sites for hydroxylation is 2. The van der Waals surface area contributed by atoms with Crippen molar-refractivity contribution in [2.24, 2.45) is 0 Å². The maximum absolute atomic E-state index is 9.41. The number of ether oxygens (including phenoxy) is 1. The van der Waals surface area contributed by atoms with Gasteiger partial charge in [0, 0.05) is 11.1 Å². The van der Waals surface area contributed by atoms with Crippen LogP contribution in [-0.4, -0.2) is 29.5 Å². The number of aliphatic hydroxyl groups excluding tert-OH is 2. The maximum atomic E-state index is 9.41. The third-order valence-electron chi connectivity index (χ3n) is 2.31. The molecule has 0 saturated carbocycles. The predicted molar refractivity (Wildman–Crippen MR) is 66.8 cm³/mol. The molecule has 0 heterocycles. The van der Waals surface area contributed by atoms with Gasteiger partial charge in [-0.2, -0.15) is 0 Å². The molecule has 2 N–H and O–H groups in total. The second-order valence-electron chi connectivity index (χ2n) is 3.85. The maximum Gasteiger partial charge on any atom is 0.120 e. The molecule has 0 aliphatic heterocycles. The van der Waals surface area contributed by atoms with Crippen molar-refractivity contribution in [3.8, 4) is 5.75 Å². The normalized spacial score (nSPS) is 12.6. The Morgan fingerprint density at radius 1 is 1.31 bits per heavy atom. The number of rotatable bonds is 5. The SMILES string of the molecule is Cc1cc(OCC(O)CCO)cc(C)c1Br. The third kappa shape index (κ3) is 3.77. The van der Waals surface area contributed by atoms with E-state index in [-0.39, 0.29) is 13.2 Å². The van der Waals surface area contributed by atoms with Crippen LogP contribution in [0.5, 0.6) is 5.75 Å². The molecule has 3 nitrogen and oxygen atoms in total. The Labute approximate surface area is 104 Å². The highest BCUT2D eigenvalue weighted by Gasteiger charge is 2.06. The van der Waals surface area contributed by atoms with Crippen LogP contribution in [0.3, 0.4) is 0 Å². The lowest BCUT2D eigenvalue weighted by molar-refractivity contribution is 0.0821. The van der Waals surface area contributed by atoms with E-state index >= 15 is 0 Å². The summed E-state index contributed by atoms with van der Waals surface area (Å²) in [5.74, 6) is 0.746. The Morgan fingerprint density at radius 3 is 2.38 bits per heavy atom. The molecule has 1 aromatic rings. The van der Waals surface area contributed by atoms with Gasteiger partial charge in [0.05, 0.1) is 6.10 Å². The summed E-state index contributed by atoms with van der Waals surface area (Å²) < 4.78 is 6.53. The largest absolute Gasteiger partial charge is 0.491 e. The Balaban J connectivity index is 2.61. The molecule has 1 atom stereocenters. The molecule has 1 aromatic carbocycles. The average Bonchev–Trinajstić information content (AvgIpc) is 2.23. The standard InChI is InChI=1S/C12H17BrO3/c1-8-5-11(6-9(2)12(8)13)16-7-10(15)3-4-14/h5-6,10,14-15H,3-4,7H2,1-2H3. The van der Waals surface area contributed by atoms with E-state index in [4.69, 9.17) is 9.84 Å². The third-order valence-corrected chi connectivity index (χ3v) is 3.57. The van der Waals surface area contributed by atoms with E-state index in [1.165, 1.54) is 0 Å². The zero-order valence-corrected chi connectivity index (χ0v) is 11.1. The van der Waals surface area contributed by atoms with Gasteiger partial charge in [0.15, 0.2) is 0 Å². The van der Waals surface area contributed by atoms with Gasteiger partial charge in [-0.05, 0) is 43.5 Å². The van der Waals surface area contributed by atoms with Gasteiger partial charge < -0.3 is 14.9 Å². The van der Waals surface area contributed by atoms with Gasteiger partial charge in [-0.3, -0.25) is 0 Å². The van der Waals surface area contributed by atoms with Crippen molar-refractivity contribution >= 4 is 15.9 Å². The molecular formula is C12H17BrO3. The first-order valence-corrected chi connectivity index (χ1v) is 6.02. The summed E-state index contributed by atoms with van der Waals surface area (Å²) in [6.45, 7) is 4.17. The van der Waals surface area contributed by atoms with Gasteiger partial charge in [0.1, 0.15) is 12.4 Å². The van der Waals surface area contributed by atoms with Crippen LogP contribution in [0.15, 0.2) is 16.6 Å². The van der Waals surface area contributed by atoms with Crippen LogP contribution < -0.4 is 4.74 Å². The first-order valence-electron chi connectivity index (χ1n) is 5.23. The summed E-state index contributed by atoms with van der Waals surface area (Å²) in [7, 11) is 0. The summed E-state index contributed by atoms with van der Waals surface area (Å²) >= 11 is 3.48. The number of hydrogen-bond acceptors (Lipinski definition) is 3. The fraction of sp³-hybridized carbons (Fsp3) is 0.500. The molecule has 4 heteroatoms. The van der Waals surface area contributed by atoms with E-state index in [1.807, 2.05) is 26.0 Å². The fourth-order valence-corrected chi connectivity index (χ4v) is 1.64. The second-order valence-corrected chi connectivity index (χ2v) is 4.64. The van der Waals surface area contributed by atoms with E-state index in [0.29, 0.717) is 6.42 Å². The fourth-order valence-electron chi connectivity index (χ4n) is 1.41. The molecular weight excluding hydrogens is 272 g/mol. The average molecular weight is 289 g/mol. The van der Waals surface area contributed by atoms with Crippen molar-refractivity contribution < 1.29 is 14.9 Å². The van der Waals surface area contributed by atoms with Crippen molar-refractivity contribution in [2.45, 2.75) is 26.4 Å². The van der Waals surface area contributed by atoms with Gasteiger partial charge >= 0.3 is 0 Å². The molecule has 0 aliphatic rings. The molecule has 1 rings (SSSR count). The van der Waals surface area contributed by atoms with Gasteiger partial charge in [0.25, 0.3) is 0 Å². The van der Waals surface area contributed by atoms with Crippen molar-refractivity contribution in [1.82, 2.24) is 0 Å². The van der Waals surface area contributed by atoms with E-state index in [0.717, 1.165) is 21.3 Å². The highest BCUT2D eigenvalue weighted by atomic mass is 79.9. The highest BCUT2D eigenvalue weighted by Crippen LogP contribution is 2.26. The quantitative estimate of drug-likeness (QED) is 0.873. The van der Waals surface area contributed by atoms with Crippen LogP contribution in [-0.2, 0) is 0 Å². The molecule has 0 bridgehead atoms. The van der Waals surface area contributed by atoms with Crippen LogP contribution in [0.25, 0.3) is 0 Å². The van der Waals surface area contributed by atoms with Crippen LogP contribution >= 0.6 is 15.9 Å². The number of halogens is 1. The molecule has 90 valence electrons. The first-order chi connectivity index (χ1) is 7.54. The molecule has 0 amide bonds. The lowest BCUT2D eigenvalue weighted by Crippen LogP contribution is -2.18. The topological polar surface area (TPSA) is 49.7 Å². The zero-order valence-electron chi connectivity index (χ0n) is 9.53. The van der Waals surface area contributed by atoms with Gasteiger partial charge in [0.2, 0.25) is 0 Å². The smallest absolute Gasteiger partial charge is 0.120 e. The Hall–Kier alpha value is -0.580. The Morgan fingerprint density at radius 2 is 1.88 bits per heavy atom. The van der Waals surface area contributed by atoms with E-state index in [2.05, 4.69) is 15.9 Å². The molecule has 16 heavy (non-hydrogen) atoms. The number of aliphatic hydroxyl groups is 2. The summed E-state index contributed by atoms with van der Waals surface area (Å²) in [6, 6.07) is 3.84. The van der Waals surface area contributed by atoms with E-state index in [9.17, 15) is 5.11 Å². The van der Waals surface area contributed by atoms with Crippen molar-refractivity contribution in [3.63, 3.8) is 0 Å². The Bertz CT molecular complexity index is 329. The molecule has 0 aromatic heterocycles. The van der Waals surface area contributed by atoms with Gasteiger partial charge in [-0.1, -0.05) is 15.9 Å². The molecule has 0 fully saturated rings. The van der Waals surface area contributed by atoms with Gasteiger partial charge in [-0.15, -0.1) is 0 Å². The van der Waals surface area contributed by atoms with Crippen molar-refractivity contribution in [2.75, 3.05) is 13.2 Å². The van der Waals surface area contributed by atoms with E-state index in [1.54, 1.807) is 0 Å². The monoisotopic (exact) mass is 288 g/mol. The minimum Gasteiger partial charge on any atom is -0.491 e. The minimum absolute atomic E-state index is 0.0249. The highest BCUT2D eigenvalue weighted by molar-refractivity contribution is 9.10. The van der Waals surface area contributed by atoms with Crippen LogP contribution in [0.4, 0.5) is 0 Å².